The minimum Gasteiger partial charge on any atom is -0.384 e. The van der Waals surface area contributed by atoms with E-state index in [1.165, 1.54) is 54.6 Å². The molecule has 1 saturated carbocycles. The largest absolute Gasteiger partial charge is 0.384 e. The van der Waals surface area contributed by atoms with Gasteiger partial charge in [-0.05, 0) is 37.7 Å². The molecular weight excluding hydrogens is 258 g/mol. The fraction of sp³-hybridized carbons (Fsp3) is 0.500. The van der Waals surface area contributed by atoms with E-state index in [-0.39, 0.29) is 0 Å². The molecule has 1 aromatic heterocycles. The second-order valence-electron chi connectivity index (χ2n) is 6.58. The molecule has 0 spiro atoms. The third-order valence-electron chi connectivity index (χ3n) is 4.86. The first-order valence-electron chi connectivity index (χ1n) is 8.21. The van der Waals surface area contributed by atoms with Gasteiger partial charge >= 0.3 is 0 Å². The number of hydrogen-bond acceptors (Lipinski definition) is 2. The fourth-order valence-corrected chi connectivity index (χ4v) is 3.54. The topological polar surface area (TPSA) is 29.9 Å². The van der Waals surface area contributed by atoms with Gasteiger partial charge in [0, 0.05) is 23.8 Å². The van der Waals surface area contributed by atoms with Crippen molar-refractivity contribution < 1.29 is 0 Å². The van der Waals surface area contributed by atoms with Crippen molar-refractivity contribution in [1.82, 2.24) is 9.55 Å². The van der Waals surface area contributed by atoms with E-state index in [1.54, 1.807) is 0 Å². The van der Waals surface area contributed by atoms with E-state index >= 15 is 0 Å². The van der Waals surface area contributed by atoms with Crippen LogP contribution in [0.4, 0.5) is 5.69 Å². The van der Waals surface area contributed by atoms with Gasteiger partial charge in [-0.25, -0.2) is 4.98 Å². The molecule has 1 aliphatic carbocycles. The van der Waals surface area contributed by atoms with Crippen LogP contribution in [0.25, 0.3) is 11.3 Å². The van der Waals surface area contributed by atoms with Gasteiger partial charge in [0.05, 0.1) is 18.2 Å². The average molecular weight is 281 g/mol. The van der Waals surface area contributed by atoms with Crippen LogP contribution >= 0.6 is 0 Å². The number of aromatic nitrogens is 2. The number of nitrogens with zero attached hydrogens (tertiary/aromatic N) is 2. The molecule has 1 aromatic carbocycles. The molecule has 0 radical (unpaired) electrons. The molecule has 21 heavy (non-hydrogen) atoms. The zero-order valence-electron chi connectivity index (χ0n) is 12.7. The summed E-state index contributed by atoms with van der Waals surface area (Å²) in [7, 11) is 0. The number of hydrogen-bond donors (Lipinski definition) is 1. The number of rotatable bonds is 4. The van der Waals surface area contributed by atoms with Crippen LogP contribution in [0.5, 0.6) is 0 Å². The van der Waals surface area contributed by atoms with Crippen LogP contribution in [0.2, 0.25) is 0 Å². The molecule has 3 heteroatoms. The number of nitrogens with one attached hydrogen (secondary N) is 1. The molecule has 2 heterocycles. The van der Waals surface area contributed by atoms with Gasteiger partial charge in [0.2, 0.25) is 0 Å². The number of fused-ring (bicyclic) bond motifs is 1. The van der Waals surface area contributed by atoms with Crippen molar-refractivity contribution in [3.05, 3.63) is 36.3 Å². The summed E-state index contributed by atoms with van der Waals surface area (Å²) in [5.41, 5.74) is 5.34. The summed E-state index contributed by atoms with van der Waals surface area (Å²) in [4.78, 5) is 4.43. The molecule has 1 fully saturated rings. The maximum atomic E-state index is 4.43. The molecule has 1 N–H and O–H groups in total. The zero-order valence-corrected chi connectivity index (χ0v) is 12.7. The maximum Gasteiger partial charge on any atom is 0.0953 e. The van der Waals surface area contributed by atoms with Gasteiger partial charge in [-0.2, -0.15) is 0 Å². The van der Waals surface area contributed by atoms with Gasteiger partial charge in [0.1, 0.15) is 0 Å². The number of benzene rings is 1. The van der Waals surface area contributed by atoms with E-state index in [4.69, 9.17) is 0 Å². The lowest BCUT2D eigenvalue weighted by Crippen LogP contribution is -2.14. The Morgan fingerprint density at radius 2 is 2.29 bits per heavy atom. The second-order valence-corrected chi connectivity index (χ2v) is 6.58. The summed E-state index contributed by atoms with van der Waals surface area (Å²) in [5, 5.41) is 3.60. The Balaban J connectivity index is 1.72. The highest BCUT2D eigenvalue weighted by Crippen LogP contribution is 2.39. The Kier molecular flexibility index (Phi) is 3.21. The molecule has 4 rings (SSSR count). The van der Waals surface area contributed by atoms with Gasteiger partial charge in [0.15, 0.2) is 0 Å². The molecule has 1 atom stereocenters. The summed E-state index contributed by atoms with van der Waals surface area (Å²) >= 11 is 0. The summed E-state index contributed by atoms with van der Waals surface area (Å²) in [6.45, 7) is 3.40. The van der Waals surface area contributed by atoms with Crippen molar-refractivity contribution >= 4 is 5.69 Å². The number of anilines is 1. The molecule has 1 unspecified atom stereocenters. The highest BCUT2D eigenvalue weighted by Gasteiger charge is 2.25. The Labute approximate surface area is 126 Å². The highest BCUT2D eigenvalue weighted by molar-refractivity contribution is 5.79. The van der Waals surface area contributed by atoms with E-state index in [0.717, 1.165) is 12.5 Å². The van der Waals surface area contributed by atoms with E-state index in [9.17, 15) is 0 Å². The Morgan fingerprint density at radius 3 is 3.14 bits per heavy atom. The van der Waals surface area contributed by atoms with Gasteiger partial charge < -0.3 is 9.88 Å². The van der Waals surface area contributed by atoms with Crippen LogP contribution in [0.3, 0.4) is 0 Å². The first-order chi connectivity index (χ1) is 10.3. The van der Waals surface area contributed by atoms with E-state index in [1.807, 2.05) is 12.5 Å². The maximum absolute atomic E-state index is 4.43. The van der Waals surface area contributed by atoms with E-state index < -0.39 is 0 Å². The quantitative estimate of drug-likeness (QED) is 0.907. The van der Waals surface area contributed by atoms with Crippen LogP contribution in [0.1, 0.15) is 44.2 Å². The normalized spacial score (nSPS) is 18.9. The average Bonchev–Trinajstić information content (AvgIpc) is 3.19. The van der Waals surface area contributed by atoms with E-state index in [0.29, 0.717) is 6.04 Å². The third-order valence-corrected chi connectivity index (χ3v) is 4.86. The zero-order chi connectivity index (χ0) is 14.2. The molecule has 2 aliphatic rings. The van der Waals surface area contributed by atoms with Crippen molar-refractivity contribution in [3.63, 3.8) is 0 Å². The molecule has 3 nitrogen and oxygen atoms in total. The smallest absolute Gasteiger partial charge is 0.0953 e. The first kappa shape index (κ1) is 12.9. The van der Waals surface area contributed by atoms with Gasteiger partial charge in [0.25, 0.3) is 0 Å². The van der Waals surface area contributed by atoms with Crippen molar-refractivity contribution in [1.29, 1.82) is 0 Å². The highest BCUT2D eigenvalue weighted by atomic mass is 15.1. The van der Waals surface area contributed by atoms with Gasteiger partial charge in [-0.15, -0.1) is 0 Å². The van der Waals surface area contributed by atoms with Gasteiger partial charge in [-0.3, -0.25) is 0 Å². The van der Waals surface area contributed by atoms with Crippen LogP contribution in [-0.2, 0) is 6.42 Å². The minimum atomic E-state index is 0.537. The minimum absolute atomic E-state index is 0.537. The van der Waals surface area contributed by atoms with E-state index in [2.05, 4.69) is 40.0 Å². The lowest BCUT2D eigenvalue weighted by molar-refractivity contribution is 0.480. The SMILES string of the molecule is CC(CC1CC1)n1cncc1-c1cccc2c1NCCC2. The lowest BCUT2D eigenvalue weighted by Gasteiger charge is -2.23. The van der Waals surface area contributed by atoms with Crippen LogP contribution in [0, 0.1) is 5.92 Å². The Morgan fingerprint density at radius 1 is 1.38 bits per heavy atom. The Bertz CT molecular complexity index is 640. The lowest BCUT2D eigenvalue weighted by atomic mass is 9.97. The molecule has 0 amide bonds. The number of para-hydroxylation sites is 1. The van der Waals surface area contributed by atoms with Crippen molar-refractivity contribution in [2.75, 3.05) is 11.9 Å². The molecule has 2 aromatic rings. The fourth-order valence-electron chi connectivity index (χ4n) is 3.54. The molecule has 1 aliphatic heterocycles. The molecular formula is C18H23N3. The van der Waals surface area contributed by atoms with Crippen LogP contribution < -0.4 is 5.32 Å². The van der Waals surface area contributed by atoms with Crippen LogP contribution in [-0.4, -0.2) is 16.1 Å². The predicted molar refractivity (Wildman–Crippen MR) is 86.5 cm³/mol. The summed E-state index contributed by atoms with van der Waals surface area (Å²) in [6, 6.07) is 7.20. The Hall–Kier alpha value is -1.77. The number of aryl methyl sites for hydroxylation is 1. The number of imidazole rings is 1. The van der Waals surface area contributed by atoms with Crippen LogP contribution in [0.15, 0.2) is 30.7 Å². The predicted octanol–water partition coefficient (Wildman–Crippen LogP) is 4.27. The summed E-state index contributed by atoms with van der Waals surface area (Å²) in [6.07, 6.45) is 10.6. The first-order valence-corrected chi connectivity index (χ1v) is 8.21. The molecule has 0 bridgehead atoms. The molecule has 110 valence electrons. The van der Waals surface area contributed by atoms with Gasteiger partial charge in [-0.1, -0.05) is 31.0 Å². The van der Waals surface area contributed by atoms with Crippen molar-refractivity contribution in [2.24, 2.45) is 5.92 Å². The monoisotopic (exact) mass is 281 g/mol. The molecule has 0 saturated heterocycles. The standard InChI is InChI=1S/C18H23N3/c1-13(10-14-7-8-14)21-12-19-11-17(21)16-6-2-4-15-5-3-9-20-18(15)16/h2,4,6,11-14,20H,3,5,7-10H2,1H3. The van der Waals surface area contributed by atoms with Crippen molar-refractivity contribution in [2.45, 2.75) is 45.1 Å². The summed E-state index contributed by atoms with van der Waals surface area (Å²) < 4.78 is 2.37. The third kappa shape index (κ3) is 2.45. The second kappa shape index (κ2) is 5.21. The summed E-state index contributed by atoms with van der Waals surface area (Å²) in [5.74, 6) is 0.943. The van der Waals surface area contributed by atoms with Crippen molar-refractivity contribution in [3.8, 4) is 11.3 Å².